The van der Waals surface area contributed by atoms with Crippen LogP contribution in [0.2, 0.25) is 0 Å². The number of carbonyl (C=O) groups is 2. The third kappa shape index (κ3) is 3.80. The molecule has 23 heavy (non-hydrogen) atoms. The summed E-state index contributed by atoms with van der Waals surface area (Å²) in [6.07, 6.45) is 4.41. The zero-order chi connectivity index (χ0) is 16.1. The van der Waals surface area contributed by atoms with Gasteiger partial charge in [-0.2, -0.15) is 0 Å². The highest BCUT2D eigenvalue weighted by molar-refractivity contribution is 5.88. The van der Waals surface area contributed by atoms with Gasteiger partial charge in [0, 0.05) is 0 Å². The first-order chi connectivity index (χ1) is 11.2. The van der Waals surface area contributed by atoms with Crippen molar-refractivity contribution in [1.82, 2.24) is 10.6 Å². The summed E-state index contributed by atoms with van der Waals surface area (Å²) in [6, 6.07) is 11.6. The van der Waals surface area contributed by atoms with Crippen LogP contribution in [0.25, 0.3) is 0 Å². The predicted octanol–water partition coefficient (Wildman–Crippen LogP) is 2.13. The predicted molar refractivity (Wildman–Crippen MR) is 85.7 cm³/mol. The minimum Gasteiger partial charge on any atom is -0.467 e. The van der Waals surface area contributed by atoms with Crippen molar-refractivity contribution >= 4 is 11.8 Å². The number of nitrogens with one attached hydrogen (secondary N) is 2. The summed E-state index contributed by atoms with van der Waals surface area (Å²) in [7, 11) is 0. The standard InChI is InChI=1S/C18H20N2O3/c21-17(19-11-14-7-4-10-23-14)12-20-18(22)16-9-3-6-13-5-1-2-8-15(13)16/h1-2,4-5,7-8,10,16H,3,6,9,11-12H2,(H,19,21)(H,20,22). The second-order valence-corrected chi connectivity index (χ2v) is 5.72. The van der Waals surface area contributed by atoms with Gasteiger partial charge >= 0.3 is 0 Å². The molecule has 0 fully saturated rings. The van der Waals surface area contributed by atoms with Crippen molar-refractivity contribution in [3.63, 3.8) is 0 Å². The molecule has 1 unspecified atom stereocenters. The number of rotatable bonds is 5. The fourth-order valence-corrected chi connectivity index (χ4v) is 2.98. The Balaban J connectivity index is 1.51. The van der Waals surface area contributed by atoms with Gasteiger partial charge < -0.3 is 15.1 Å². The third-order valence-corrected chi connectivity index (χ3v) is 4.15. The molecule has 1 heterocycles. The first-order valence-corrected chi connectivity index (χ1v) is 7.88. The molecular formula is C18H20N2O3. The molecule has 5 heteroatoms. The van der Waals surface area contributed by atoms with Gasteiger partial charge in [0.1, 0.15) is 5.76 Å². The normalized spacial score (nSPS) is 16.4. The summed E-state index contributed by atoms with van der Waals surface area (Å²) >= 11 is 0. The van der Waals surface area contributed by atoms with E-state index >= 15 is 0 Å². The number of benzene rings is 1. The number of carbonyl (C=O) groups excluding carboxylic acids is 2. The van der Waals surface area contributed by atoms with Crippen molar-refractivity contribution < 1.29 is 14.0 Å². The van der Waals surface area contributed by atoms with Gasteiger partial charge in [0.15, 0.2) is 0 Å². The zero-order valence-electron chi connectivity index (χ0n) is 12.9. The Hall–Kier alpha value is -2.56. The summed E-state index contributed by atoms with van der Waals surface area (Å²) in [5, 5.41) is 5.46. The molecule has 1 aliphatic rings. The van der Waals surface area contributed by atoms with Crippen molar-refractivity contribution in [1.29, 1.82) is 0 Å². The van der Waals surface area contributed by atoms with Gasteiger partial charge in [-0.1, -0.05) is 24.3 Å². The van der Waals surface area contributed by atoms with E-state index in [1.165, 1.54) is 5.56 Å². The third-order valence-electron chi connectivity index (χ3n) is 4.15. The van der Waals surface area contributed by atoms with Gasteiger partial charge in [0.25, 0.3) is 0 Å². The number of hydrogen-bond donors (Lipinski definition) is 2. The Labute approximate surface area is 135 Å². The van der Waals surface area contributed by atoms with Crippen molar-refractivity contribution in [2.75, 3.05) is 6.54 Å². The molecule has 3 rings (SSSR count). The van der Waals surface area contributed by atoms with Crippen LogP contribution in [0, 0.1) is 0 Å². The number of amides is 2. The monoisotopic (exact) mass is 312 g/mol. The molecular weight excluding hydrogens is 292 g/mol. The molecule has 2 amide bonds. The Bertz CT molecular complexity index is 679. The molecule has 1 aromatic carbocycles. The Morgan fingerprint density at radius 3 is 2.83 bits per heavy atom. The van der Waals surface area contributed by atoms with Crippen LogP contribution in [0.1, 0.15) is 35.6 Å². The van der Waals surface area contributed by atoms with Gasteiger partial charge in [-0.25, -0.2) is 0 Å². The van der Waals surface area contributed by atoms with E-state index in [1.807, 2.05) is 18.2 Å². The van der Waals surface area contributed by atoms with Crippen LogP contribution in [-0.4, -0.2) is 18.4 Å². The van der Waals surface area contributed by atoms with Gasteiger partial charge in [-0.05, 0) is 42.5 Å². The van der Waals surface area contributed by atoms with Gasteiger partial charge in [-0.15, -0.1) is 0 Å². The molecule has 0 saturated heterocycles. The van der Waals surface area contributed by atoms with Crippen molar-refractivity contribution in [2.24, 2.45) is 0 Å². The van der Waals surface area contributed by atoms with Crippen LogP contribution >= 0.6 is 0 Å². The molecule has 0 aliphatic heterocycles. The first kappa shape index (κ1) is 15.3. The lowest BCUT2D eigenvalue weighted by Gasteiger charge is -2.24. The molecule has 0 saturated carbocycles. The fraction of sp³-hybridized carbons (Fsp3) is 0.333. The van der Waals surface area contributed by atoms with Crippen molar-refractivity contribution in [3.8, 4) is 0 Å². The van der Waals surface area contributed by atoms with E-state index in [4.69, 9.17) is 4.42 Å². The molecule has 2 aromatic rings. The largest absolute Gasteiger partial charge is 0.467 e. The Kier molecular flexibility index (Phi) is 4.76. The summed E-state index contributed by atoms with van der Waals surface area (Å²) in [4.78, 5) is 24.2. The SMILES string of the molecule is O=C(CNC(=O)C1CCCc2ccccc21)NCc1ccco1. The topological polar surface area (TPSA) is 71.3 Å². The molecule has 1 aliphatic carbocycles. The molecule has 0 spiro atoms. The molecule has 5 nitrogen and oxygen atoms in total. The minimum atomic E-state index is -0.223. The van der Waals surface area contributed by atoms with Crippen LogP contribution < -0.4 is 10.6 Å². The summed E-state index contributed by atoms with van der Waals surface area (Å²) in [5.41, 5.74) is 2.33. The molecule has 0 radical (unpaired) electrons. The van der Waals surface area contributed by atoms with Crippen LogP contribution in [0.15, 0.2) is 47.1 Å². The smallest absolute Gasteiger partial charge is 0.239 e. The molecule has 0 bridgehead atoms. The van der Waals surface area contributed by atoms with E-state index in [0.29, 0.717) is 12.3 Å². The lowest BCUT2D eigenvalue weighted by molar-refractivity contribution is -0.127. The van der Waals surface area contributed by atoms with E-state index in [9.17, 15) is 9.59 Å². The average molecular weight is 312 g/mol. The molecule has 1 atom stereocenters. The summed E-state index contributed by atoms with van der Waals surface area (Å²) in [5.74, 6) is 0.229. The highest BCUT2D eigenvalue weighted by Gasteiger charge is 2.26. The van der Waals surface area contributed by atoms with Crippen LogP contribution in [0.4, 0.5) is 0 Å². The van der Waals surface area contributed by atoms with E-state index in [-0.39, 0.29) is 24.3 Å². The Morgan fingerprint density at radius 1 is 1.13 bits per heavy atom. The minimum absolute atomic E-state index is 0.0157. The van der Waals surface area contributed by atoms with E-state index < -0.39 is 0 Å². The van der Waals surface area contributed by atoms with Crippen molar-refractivity contribution in [3.05, 3.63) is 59.5 Å². The fourth-order valence-electron chi connectivity index (χ4n) is 2.98. The molecule has 120 valence electrons. The second kappa shape index (κ2) is 7.13. The Morgan fingerprint density at radius 2 is 2.00 bits per heavy atom. The maximum absolute atomic E-state index is 12.4. The van der Waals surface area contributed by atoms with Gasteiger partial charge in [-0.3, -0.25) is 9.59 Å². The van der Waals surface area contributed by atoms with E-state index in [1.54, 1.807) is 18.4 Å². The average Bonchev–Trinajstić information content (AvgIpc) is 3.11. The van der Waals surface area contributed by atoms with Crippen LogP contribution in [-0.2, 0) is 22.6 Å². The maximum atomic E-state index is 12.4. The number of fused-ring (bicyclic) bond motifs is 1. The first-order valence-electron chi connectivity index (χ1n) is 7.88. The second-order valence-electron chi connectivity index (χ2n) is 5.72. The van der Waals surface area contributed by atoms with E-state index in [0.717, 1.165) is 24.8 Å². The number of aryl methyl sites for hydroxylation is 1. The molecule has 2 N–H and O–H groups in total. The van der Waals surface area contributed by atoms with Crippen LogP contribution in [0.3, 0.4) is 0 Å². The highest BCUT2D eigenvalue weighted by Crippen LogP contribution is 2.31. The lowest BCUT2D eigenvalue weighted by atomic mass is 9.82. The van der Waals surface area contributed by atoms with Gasteiger partial charge in [0.2, 0.25) is 11.8 Å². The van der Waals surface area contributed by atoms with Crippen molar-refractivity contribution in [2.45, 2.75) is 31.7 Å². The van der Waals surface area contributed by atoms with Crippen LogP contribution in [0.5, 0.6) is 0 Å². The summed E-state index contributed by atoms with van der Waals surface area (Å²) in [6.45, 7) is 0.312. The quantitative estimate of drug-likeness (QED) is 0.888. The van der Waals surface area contributed by atoms with E-state index in [2.05, 4.69) is 16.7 Å². The number of furan rings is 1. The molecule has 1 aromatic heterocycles. The zero-order valence-corrected chi connectivity index (χ0v) is 12.9. The highest BCUT2D eigenvalue weighted by atomic mass is 16.3. The summed E-state index contributed by atoms with van der Waals surface area (Å²) < 4.78 is 5.14. The van der Waals surface area contributed by atoms with Gasteiger partial charge in [0.05, 0.1) is 25.3 Å². The maximum Gasteiger partial charge on any atom is 0.239 e. The lowest BCUT2D eigenvalue weighted by Crippen LogP contribution is -2.39. The number of hydrogen-bond acceptors (Lipinski definition) is 3.